The summed E-state index contributed by atoms with van der Waals surface area (Å²) in [5.41, 5.74) is 2.61. The van der Waals surface area contributed by atoms with Gasteiger partial charge in [-0.25, -0.2) is 0 Å². The van der Waals surface area contributed by atoms with Gasteiger partial charge in [0.1, 0.15) is 0 Å². The molecule has 0 spiro atoms. The molecule has 1 aliphatic carbocycles. The summed E-state index contributed by atoms with van der Waals surface area (Å²) in [5, 5.41) is 6.48. The highest BCUT2D eigenvalue weighted by Crippen LogP contribution is 2.18. The third-order valence-corrected chi connectivity index (χ3v) is 4.46. The van der Waals surface area contributed by atoms with Crippen LogP contribution in [0, 0.1) is 0 Å². The van der Waals surface area contributed by atoms with Crippen molar-refractivity contribution in [2.24, 2.45) is 4.99 Å². The van der Waals surface area contributed by atoms with Gasteiger partial charge in [-0.2, -0.15) is 0 Å². The summed E-state index contributed by atoms with van der Waals surface area (Å²) < 4.78 is 0. The van der Waals surface area contributed by atoms with E-state index in [0.717, 1.165) is 25.8 Å². The third kappa shape index (κ3) is 4.72. The summed E-state index contributed by atoms with van der Waals surface area (Å²) in [6.07, 6.45) is 7.29. The molecule has 0 aromatic heterocycles. The summed E-state index contributed by atoms with van der Waals surface area (Å²) in [6.45, 7) is 1.77. The van der Waals surface area contributed by atoms with Crippen molar-refractivity contribution >= 4 is 35.8 Å². The summed E-state index contributed by atoms with van der Waals surface area (Å²) in [4.78, 5) is 18.6. The van der Waals surface area contributed by atoms with Gasteiger partial charge in [-0.1, -0.05) is 36.4 Å². The van der Waals surface area contributed by atoms with Gasteiger partial charge in [0.05, 0.1) is 6.54 Å². The van der Waals surface area contributed by atoms with E-state index in [-0.39, 0.29) is 36.4 Å². The molecule has 1 heterocycles. The summed E-state index contributed by atoms with van der Waals surface area (Å²) in [5.74, 6) is 0.816. The van der Waals surface area contributed by atoms with Gasteiger partial charge in [-0.3, -0.25) is 9.79 Å². The van der Waals surface area contributed by atoms with E-state index in [1.165, 1.54) is 11.1 Å². The number of rotatable bonds is 3. The number of fused-ring (bicyclic) bond motifs is 1. The fourth-order valence-electron chi connectivity index (χ4n) is 3.10. The lowest BCUT2D eigenvalue weighted by Gasteiger charge is -2.29. The number of carbonyl (C=O) groups excluding carboxylic acids is 1. The molecule has 1 aromatic carbocycles. The Labute approximate surface area is 160 Å². The molecule has 130 valence electrons. The van der Waals surface area contributed by atoms with Gasteiger partial charge in [-0.05, 0) is 30.4 Å². The maximum atomic E-state index is 12.4. The minimum Gasteiger partial charge on any atom is -0.353 e. The molecule has 1 aromatic rings. The fraction of sp³-hybridized carbons (Fsp3) is 0.444. The van der Waals surface area contributed by atoms with Crippen LogP contribution < -0.4 is 10.6 Å². The van der Waals surface area contributed by atoms with Crippen LogP contribution in [0.2, 0.25) is 0 Å². The van der Waals surface area contributed by atoms with Gasteiger partial charge in [0.15, 0.2) is 5.96 Å². The van der Waals surface area contributed by atoms with E-state index in [0.29, 0.717) is 18.5 Å². The van der Waals surface area contributed by atoms with Crippen LogP contribution in [0.3, 0.4) is 0 Å². The maximum Gasteiger partial charge on any atom is 0.242 e. The highest BCUT2D eigenvalue weighted by Gasteiger charge is 2.20. The minimum atomic E-state index is 0. The first-order chi connectivity index (χ1) is 11.3. The highest BCUT2D eigenvalue weighted by molar-refractivity contribution is 14.0. The molecule has 6 heteroatoms. The van der Waals surface area contributed by atoms with Crippen LogP contribution in [0.5, 0.6) is 0 Å². The third-order valence-electron chi connectivity index (χ3n) is 4.46. The van der Waals surface area contributed by atoms with E-state index < -0.39 is 0 Å². The van der Waals surface area contributed by atoms with Crippen molar-refractivity contribution in [3.63, 3.8) is 0 Å². The summed E-state index contributed by atoms with van der Waals surface area (Å²) in [7, 11) is 1.74. The van der Waals surface area contributed by atoms with Crippen LogP contribution >= 0.6 is 24.0 Å². The molecule has 24 heavy (non-hydrogen) atoms. The van der Waals surface area contributed by atoms with Crippen molar-refractivity contribution in [1.29, 1.82) is 0 Å². The van der Waals surface area contributed by atoms with Crippen molar-refractivity contribution in [3.05, 3.63) is 47.5 Å². The predicted molar refractivity (Wildman–Crippen MR) is 108 cm³/mol. The van der Waals surface area contributed by atoms with Crippen molar-refractivity contribution < 1.29 is 4.79 Å². The molecule has 0 fully saturated rings. The Morgan fingerprint density at radius 2 is 1.96 bits per heavy atom. The van der Waals surface area contributed by atoms with Crippen LogP contribution in [-0.4, -0.2) is 42.9 Å². The number of guanidine groups is 1. The Balaban J connectivity index is 0.00000208. The van der Waals surface area contributed by atoms with Crippen LogP contribution in [0.1, 0.15) is 24.0 Å². The number of amides is 1. The lowest BCUT2D eigenvalue weighted by atomic mass is 10.00. The number of hydrogen-bond acceptors (Lipinski definition) is 2. The van der Waals surface area contributed by atoms with Gasteiger partial charge in [0, 0.05) is 26.2 Å². The van der Waals surface area contributed by atoms with Crippen LogP contribution in [0.15, 0.2) is 41.4 Å². The van der Waals surface area contributed by atoms with E-state index in [2.05, 4.69) is 46.0 Å². The molecule has 0 atom stereocenters. The highest BCUT2D eigenvalue weighted by atomic mass is 127. The molecule has 5 nitrogen and oxygen atoms in total. The fourth-order valence-corrected chi connectivity index (χ4v) is 3.10. The monoisotopic (exact) mass is 440 g/mol. The van der Waals surface area contributed by atoms with Crippen LogP contribution in [-0.2, 0) is 17.8 Å². The Kier molecular flexibility index (Phi) is 7.08. The zero-order valence-corrected chi connectivity index (χ0v) is 16.3. The molecule has 0 saturated carbocycles. The second kappa shape index (κ2) is 9.05. The minimum absolute atomic E-state index is 0. The molecule has 1 aliphatic heterocycles. The second-order valence-corrected chi connectivity index (χ2v) is 6.04. The Morgan fingerprint density at radius 3 is 2.67 bits per heavy atom. The number of aliphatic imine (C=N–C) groups is 1. The van der Waals surface area contributed by atoms with Crippen LogP contribution in [0.25, 0.3) is 0 Å². The quantitative estimate of drug-likeness (QED) is 0.328. The van der Waals surface area contributed by atoms with Gasteiger partial charge < -0.3 is 15.5 Å². The van der Waals surface area contributed by atoms with E-state index in [9.17, 15) is 4.79 Å². The summed E-state index contributed by atoms with van der Waals surface area (Å²) in [6, 6.07) is 8.74. The zero-order chi connectivity index (χ0) is 16.1. The zero-order valence-electron chi connectivity index (χ0n) is 14.0. The first-order valence-corrected chi connectivity index (χ1v) is 8.23. The van der Waals surface area contributed by atoms with E-state index in [1.807, 2.05) is 11.0 Å². The van der Waals surface area contributed by atoms with E-state index in [1.54, 1.807) is 7.05 Å². The molecular formula is C18H25IN4O. The average Bonchev–Trinajstić information content (AvgIpc) is 3.11. The Hall–Kier alpha value is -1.57. The first-order valence-electron chi connectivity index (χ1n) is 8.23. The molecule has 2 aliphatic rings. The van der Waals surface area contributed by atoms with Crippen molar-refractivity contribution in [2.45, 2.75) is 31.8 Å². The van der Waals surface area contributed by atoms with Crippen molar-refractivity contribution in [2.75, 3.05) is 20.1 Å². The number of carbonyl (C=O) groups is 1. The number of hydrogen-bond donors (Lipinski definition) is 2. The maximum absolute atomic E-state index is 12.4. The van der Waals surface area contributed by atoms with Gasteiger partial charge >= 0.3 is 0 Å². The summed E-state index contributed by atoms with van der Waals surface area (Å²) >= 11 is 0. The van der Waals surface area contributed by atoms with Crippen molar-refractivity contribution in [3.8, 4) is 0 Å². The average molecular weight is 440 g/mol. The van der Waals surface area contributed by atoms with Gasteiger partial charge in [-0.15, -0.1) is 24.0 Å². The number of nitrogens with one attached hydrogen (secondary N) is 2. The van der Waals surface area contributed by atoms with Gasteiger partial charge in [0.25, 0.3) is 0 Å². The largest absolute Gasteiger partial charge is 0.353 e. The Morgan fingerprint density at radius 1 is 1.25 bits per heavy atom. The predicted octanol–water partition coefficient (Wildman–Crippen LogP) is 2.07. The molecular weight excluding hydrogens is 415 g/mol. The van der Waals surface area contributed by atoms with Gasteiger partial charge in [0.2, 0.25) is 5.91 Å². The first kappa shape index (κ1) is 18.8. The van der Waals surface area contributed by atoms with Crippen molar-refractivity contribution in [1.82, 2.24) is 15.5 Å². The molecule has 3 rings (SSSR count). The molecule has 1 amide bonds. The molecule has 0 unspecified atom stereocenters. The Bertz CT molecular complexity index is 621. The standard InChI is InChI=1S/C18H24N4O.HI/c1-19-18(21-16-8-4-5-9-16)20-12-17(23)22-11-10-14-6-2-3-7-15(14)13-22;/h2-7,16H,8-13H2,1H3,(H2,19,20,21);1H. The lowest BCUT2D eigenvalue weighted by molar-refractivity contribution is -0.130. The van der Waals surface area contributed by atoms with E-state index in [4.69, 9.17) is 0 Å². The number of halogens is 1. The smallest absolute Gasteiger partial charge is 0.242 e. The lowest BCUT2D eigenvalue weighted by Crippen LogP contribution is -2.47. The topological polar surface area (TPSA) is 56.7 Å². The van der Waals surface area contributed by atoms with Crippen LogP contribution in [0.4, 0.5) is 0 Å². The second-order valence-electron chi connectivity index (χ2n) is 6.04. The molecule has 0 saturated heterocycles. The molecule has 0 bridgehead atoms. The number of nitrogens with zero attached hydrogens (tertiary/aromatic N) is 2. The molecule has 0 radical (unpaired) electrons. The SMILES string of the molecule is CN=C(NCC(=O)N1CCc2ccccc2C1)NC1CC=CC1.I. The normalized spacial score (nSPS) is 17.2. The number of benzene rings is 1. The van der Waals surface area contributed by atoms with E-state index >= 15 is 0 Å². The molecule has 2 N–H and O–H groups in total.